The number of hydrogen-bond donors (Lipinski definition) is 1. The van der Waals surface area contributed by atoms with Crippen LogP contribution < -0.4 is 10.1 Å². The van der Waals surface area contributed by atoms with E-state index in [0.29, 0.717) is 13.1 Å². The van der Waals surface area contributed by atoms with E-state index in [1.165, 1.54) is 10.5 Å². The maximum Gasteiger partial charge on any atom is 0.220 e. The van der Waals surface area contributed by atoms with Gasteiger partial charge >= 0.3 is 0 Å². The number of methoxy groups -OCH3 is 1. The number of nitrogens with zero attached hydrogens (tertiary/aromatic N) is 2. The number of benzene rings is 3. The van der Waals surface area contributed by atoms with Crippen molar-refractivity contribution in [1.82, 2.24) is 9.21 Å². The van der Waals surface area contributed by atoms with Crippen LogP contribution in [0.15, 0.2) is 76.5 Å². The van der Waals surface area contributed by atoms with Crippen LogP contribution in [-0.2, 0) is 16.4 Å². The fourth-order valence-corrected chi connectivity index (χ4v) is 7.28. The highest BCUT2D eigenvalue weighted by Crippen LogP contribution is 2.45. The van der Waals surface area contributed by atoms with Gasteiger partial charge in [-0.15, -0.1) is 0 Å². The van der Waals surface area contributed by atoms with Gasteiger partial charge in [0.15, 0.2) is 0 Å². The van der Waals surface area contributed by atoms with Crippen molar-refractivity contribution in [2.45, 2.75) is 28.4 Å². The molecule has 3 aromatic carbocycles. The molecule has 1 N–H and O–H groups in total. The van der Waals surface area contributed by atoms with E-state index in [0.717, 1.165) is 53.6 Å². The number of sulfonamides is 1. The second-order valence-corrected chi connectivity index (χ2v) is 12.3. The van der Waals surface area contributed by atoms with E-state index in [2.05, 4.69) is 22.3 Å². The molecule has 1 atom stereocenters. The van der Waals surface area contributed by atoms with E-state index < -0.39 is 15.3 Å². The predicted molar refractivity (Wildman–Crippen MR) is 142 cm³/mol. The number of anilines is 2. The van der Waals surface area contributed by atoms with Gasteiger partial charge in [-0.25, -0.2) is 8.42 Å². The van der Waals surface area contributed by atoms with Crippen LogP contribution >= 0.6 is 11.8 Å². The average Bonchev–Trinajstić information content (AvgIpc) is 2.90. The monoisotopic (exact) mass is 509 g/mol. The fourth-order valence-electron chi connectivity index (χ4n) is 4.70. The molecule has 0 aliphatic carbocycles. The number of fused-ring (bicyclic) bond motifs is 2. The van der Waals surface area contributed by atoms with Gasteiger partial charge in [-0.05, 0) is 54.8 Å². The van der Waals surface area contributed by atoms with Crippen LogP contribution in [0.5, 0.6) is 5.75 Å². The SMILES string of the molecule is COc1ccccc1CCN1CCN(S(=O)(=O)C(C)c2ccc3c(c2)Nc2ccccc2S3)CC1. The first-order valence-electron chi connectivity index (χ1n) is 12.0. The lowest BCUT2D eigenvalue weighted by Crippen LogP contribution is -2.49. The quantitative estimate of drug-likeness (QED) is 0.372. The summed E-state index contributed by atoms with van der Waals surface area (Å²) >= 11 is 1.71. The summed E-state index contributed by atoms with van der Waals surface area (Å²) in [4.78, 5) is 4.62. The molecule has 1 saturated heterocycles. The van der Waals surface area contributed by atoms with Gasteiger partial charge in [-0.2, -0.15) is 4.31 Å². The first kappa shape index (κ1) is 24.2. The van der Waals surface area contributed by atoms with Gasteiger partial charge in [0.05, 0.1) is 23.7 Å². The van der Waals surface area contributed by atoms with Crippen molar-refractivity contribution < 1.29 is 13.2 Å². The Morgan fingerprint density at radius 3 is 2.46 bits per heavy atom. The first-order valence-corrected chi connectivity index (χ1v) is 14.3. The van der Waals surface area contributed by atoms with Gasteiger partial charge in [0.2, 0.25) is 10.0 Å². The molecular formula is C27H31N3O3S2. The first-order chi connectivity index (χ1) is 17.0. The van der Waals surface area contributed by atoms with Crippen molar-refractivity contribution in [2.24, 2.45) is 0 Å². The lowest BCUT2D eigenvalue weighted by atomic mass is 10.1. The molecule has 1 fully saturated rings. The minimum atomic E-state index is -3.45. The van der Waals surface area contributed by atoms with Crippen LogP contribution in [0.2, 0.25) is 0 Å². The van der Waals surface area contributed by atoms with Crippen LogP contribution in [-0.4, -0.2) is 57.5 Å². The van der Waals surface area contributed by atoms with Gasteiger partial charge in [0.25, 0.3) is 0 Å². The molecule has 3 aromatic rings. The molecule has 0 radical (unpaired) electrons. The van der Waals surface area contributed by atoms with E-state index in [9.17, 15) is 8.42 Å². The molecule has 1 unspecified atom stereocenters. The predicted octanol–water partition coefficient (Wildman–Crippen LogP) is 5.15. The Hall–Kier alpha value is -2.52. The lowest BCUT2D eigenvalue weighted by Gasteiger charge is -2.35. The Kier molecular flexibility index (Phi) is 7.07. The third-order valence-corrected chi connectivity index (χ3v) is 10.3. The normalized spacial score (nSPS) is 17.2. The summed E-state index contributed by atoms with van der Waals surface area (Å²) in [7, 11) is -1.76. The number of hydrogen-bond acceptors (Lipinski definition) is 6. The highest BCUT2D eigenvalue weighted by atomic mass is 32.2. The maximum atomic E-state index is 13.5. The van der Waals surface area contributed by atoms with Crippen LogP contribution in [0, 0.1) is 0 Å². The number of nitrogens with one attached hydrogen (secondary N) is 1. The second kappa shape index (κ2) is 10.2. The van der Waals surface area contributed by atoms with Crippen molar-refractivity contribution in [3.8, 4) is 5.75 Å². The van der Waals surface area contributed by atoms with Crippen molar-refractivity contribution in [3.05, 3.63) is 77.9 Å². The van der Waals surface area contributed by atoms with Crippen LogP contribution in [0.4, 0.5) is 11.4 Å². The van der Waals surface area contributed by atoms with Gasteiger partial charge in [-0.1, -0.05) is 48.2 Å². The van der Waals surface area contributed by atoms with E-state index in [4.69, 9.17) is 4.74 Å². The summed E-state index contributed by atoms with van der Waals surface area (Å²) in [6.07, 6.45) is 0.885. The fraction of sp³-hybridized carbons (Fsp3) is 0.333. The zero-order chi connectivity index (χ0) is 24.4. The van der Waals surface area contributed by atoms with E-state index in [-0.39, 0.29) is 0 Å². The van der Waals surface area contributed by atoms with Gasteiger partial charge in [-0.3, -0.25) is 0 Å². The number of rotatable bonds is 7. The molecule has 5 rings (SSSR count). The summed E-state index contributed by atoms with van der Waals surface area (Å²) in [5, 5.41) is 2.86. The third-order valence-electron chi connectivity index (χ3n) is 6.88. The summed E-state index contributed by atoms with van der Waals surface area (Å²) in [5.41, 5.74) is 4.02. The molecular weight excluding hydrogens is 478 g/mol. The number of ether oxygens (including phenoxy) is 1. The Morgan fingerprint density at radius 2 is 1.66 bits per heavy atom. The Labute approximate surface area is 212 Å². The minimum absolute atomic E-state index is 0.519. The van der Waals surface area contributed by atoms with Crippen molar-refractivity contribution in [1.29, 1.82) is 0 Å². The zero-order valence-electron chi connectivity index (χ0n) is 20.1. The summed E-state index contributed by atoms with van der Waals surface area (Å²) in [6, 6.07) is 22.2. The average molecular weight is 510 g/mol. The molecule has 184 valence electrons. The highest BCUT2D eigenvalue weighted by Gasteiger charge is 2.33. The lowest BCUT2D eigenvalue weighted by molar-refractivity contribution is 0.189. The Morgan fingerprint density at radius 1 is 0.943 bits per heavy atom. The third kappa shape index (κ3) is 5.07. The Balaban J connectivity index is 1.21. The summed E-state index contributed by atoms with van der Waals surface area (Å²) < 4.78 is 34.1. The van der Waals surface area contributed by atoms with E-state index in [1.54, 1.807) is 30.1 Å². The van der Waals surface area contributed by atoms with Gasteiger partial charge in [0.1, 0.15) is 5.75 Å². The molecule has 6 nitrogen and oxygen atoms in total. The molecule has 8 heteroatoms. The molecule has 0 aromatic heterocycles. The van der Waals surface area contributed by atoms with Crippen molar-refractivity contribution in [3.63, 3.8) is 0 Å². The molecule has 0 bridgehead atoms. The molecule has 2 aliphatic rings. The largest absolute Gasteiger partial charge is 0.496 e. The molecule has 0 saturated carbocycles. The van der Waals surface area contributed by atoms with E-state index >= 15 is 0 Å². The second-order valence-electron chi connectivity index (χ2n) is 8.97. The van der Waals surface area contributed by atoms with Crippen LogP contribution in [0.1, 0.15) is 23.3 Å². The van der Waals surface area contributed by atoms with Crippen molar-refractivity contribution >= 4 is 33.2 Å². The van der Waals surface area contributed by atoms with Crippen molar-refractivity contribution in [2.75, 3.05) is 45.2 Å². The minimum Gasteiger partial charge on any atom is -0.496 e. The summed E-state index contributed by atoms with van der Waals surface area (Å²) in [5.74, 6) is 0.906. The van der Waals surface area contributed by atoms with Crippen LogP contribution in [0.25, 0.3) is 0 Å². The standard InChI is InChI=1S/C27H31N3O3S2/c1-20(22-11-12-27-24(19-22)28-23-8-4-6-10-26(23)34-27)35(31,32)30-17-15-29(16-18-30)14-13-21-7-3-5-9-25(21)33-2/h3-12,19-20,28H,13-18H2,1-2H3. The summed E-state index contributed by atoms with van der Waals surface area (Å²) in [6.45, 7) is 5.20. The van der Waals surface area contributed by atoms with Gasteiger partial charge in [0, 0.05) is 42.5 Å². The zero-order valence-corrected chi connectivity index (χ0v) is 21.7. The molecule has 35 heavy (non-hydrogen) atoms. The van der Waals surface area contributed by atoms with Crippen LogP contribution in [0.3, 0.4) is 0 Å². The van der Waals surface area contributed by atoms with Gasteiger partial charge < -0.3 is 15.0 Å². The maximum absolute atomic E-state index is 13.5. The molecule has 2 aliphatic heterocycles. The molecule has 0 spiro atoms. The highest BCUT2D eigenvalue weighted by molar-refractivity contribution is 7.99. The smallest absolute Gasteiger partial charge is 0.220 e. The topological polar surface area (TPSA) is 61.9 Å². The number of para-hydroxylation sites is 2. The number of piperazine rings is 1. The Bertz CT molecular complexity index is 1300. The van der Waals surface area contributed by atoms with E-state index in [1.807, 2.05) is 54.6 Å². The molecule has 0 amide bonds. The molecule has 2 heterocycles.